The summed E-state index contributed by atoms with van der Waals surface area (Å²) in [5, 5.41) is 3.46. The first kappa shape index (κ1) is 20.7. The first-order valence-electron chi connectivity index (χ1n) is 7.75. The van der Waals surface area contributed by atoms with Crippen LogP contribution in [0.4, 0.5) is 0 Å². The zero-order chi connectivity index (χ0) is 13.7. The summed E-state index contributed by atoms with van der Waals surface area (Å²) in [5.74, 6) is 0. The summed E-state index contributed by atoms with van der Waals surface area (Å²) < 4.78 is 0. The molecule has 0 radical (unpaired) electrons. The van der Waals surface area contributed by atoms with Gasteiger partial charge in [0.15, 0.2) is 0 Å². The number of benzene rings is 1. The maximum Gasteiger partial charge on any atom is 0.0354 e. The number of hydrogen-bond donors (Lipinski definition) is 1. The van der Waals surface area contributed by atoms with Crippen LogP contribution in [-0.2, 0) is 0 Å². The third-order valence-corrected chi connectivity index (χ3v) is 4.30. The summed E-state index contributed by atoms with van der Waals surface area (Å²) in [6.45, 7) is 11.5. The number of piperazine rings is 1. The van der Waals surface area contributed by atoms with Crippen molar-refractivity contribution in [1.29, 1.82) is 0 Å². The number of hydrogen-bond acceptors (Lipinski definition) is 2. The van der Waals surface area contributed by atoms with Gasteiger partial charge in [-0.2, -0.15) is 0 Å². The molecule has 21 heavy (non-hydrogen) atoms. The van der Waals surface area contributed by atoms with Gasteiger partial charge in [-0.1, -0.05) is 38.0 Å². The van der Waals surface area contributed by atoms with E-state index in [9.17, 15) is 0 Å². The number of nitrogens with zero attached hydrogens (tertiary/aromatic N) is 1. The number of nitrogens with one attached hydrogen (secondary N) is 1. The Kier molecular flexibility index (Phi) is 10.3. The minimum absolute atomic E-state index is 0. The van der Waals surface area contributed by atoms with E-state index in [4.69, 9.17) is 0 Å². The van der Waals surface area contributed by atoms with Crippen LogP contribution in [0.25, 0.3) is 0 Å². The Labute approximate surface area is 142 Å². The Hall–Kier alpha value is -0.280. The Bertz CT molecular complexity index is 384. The van der Waals surface area contributed by atoms with Gasteiger partial charge in [-0.25, -0.2) is 0 Å². The summed E-state index contributed by atoms with van der Waals surface area (Å²) in [5.41, 5.74) is 4.50. The predicted molar refractivity (Wildman–Crippen MR) is 97.1 cm³/mol. The summed E-state index contributed by atoms with van der Waals surface area (Å²) in [4.78, 5) is 2.68. The summed E-state index contributed by atoms with van der Waals surface area (Å²) in [7, 11) is 0. The highest BCUT2D eigenvalue weighted by Gasteiger charge is 2.23. The fourth-order valence-corrected chi connectivity index (χ4v) is 3.25. The summed E-state index contributed by atoms with van der Waals surface area (Å²) in [6.07, 6.45) is 3.90. The third kappa shape index (κ3) is 5.45. The maximum absolute atomic E-state index is 3.46. The molecule has 1 aliphatic heterocycles. The summed E-state index contributed by atoms with van der Waals surface area (Å²) >= 11 is 0. The largest absolute Gasteiger partial charge is 0.314 e. The normalized spacial score (nSPS) is 16.7. The molecule has 1 fully saturated rings. The van der Waals surface area contributed by atoms with Crippen LogP contribution in [0.1, 0.15) is 48.9 Å². The van der Waals surface area contributed by atoms with Crippen LogP contribution in [0.5, 0.6) is 0 Å². The van der Waals surface area contributed by atoms with E-state index in [0.717, 1.165) is 13.1 Å². The third-order valence-electron chi connectivity index (χ3n) is 4.30. The van der Waals surface area contributed by atoms with Gasteiger partial charge in [-0.15, -0.1) is 24.8 Å². The van der Waals surface area contributed by atoms with Crippen LogP contribution in [0.15, 0.2) is 18.2 Å². The van der Waals surface area contributed by atoms with Crippen molar-refractivity contribution >= 4 is 24.8 Å². The van der Waals surface area contributed by atoms with Gasteiger partial charge in [0.2, 0.25) is 0 Å². The highest BCUT2D eigenvalue weighted by atomic mass is 35.5. The predicted octanol–water partition coefficient (Wildman–Crippen LogP) is 4.28. The molecule has 1 heterocycles. The lowest BCUT2D eigenvalue weighted by atomic mass is 9.91. The van der Waals surface area contributed by atoms with E-state index in [-0.39, 0.29) is 24.8 Å². The first-order valence-corrected chi connectivity index (χ1v) is 7.75. The zero-order valence-corrected chi connectivity index (χ0v) is 15.2. The molecule has 0 aliphatic carbocycles. The molecule has 0 aromatic heterocycles. The minimum atomic E-state index is 0. The minimum Gasteiger partial charge on any atom is -0.314 e. The number of rotatable bonds is 5. The molecule has 2 rings (SSSR count). The molecule has 2 nitrogen and oxygen atoms in total. The van der Waals surface area contributed by atoms with Crippen LogP contribution < -0.4 is 5.32 Å². The molecule has 1 aromatic carbocycles. The molecule has 0 amide bonds. The fourth-order valence-electron chi connectivity index (χ4n) is 3.25. The number of unbranched alkanes of at least 4 members (excludes halogenated alkanes) is 1. The molecule has 1 aromatic rings. The number of halogens is 2. The maximum atomic E-state index is 3.46. The second-order valence-corrected chi connectivity index (χ2v) is 5.75. The lowest BCUT2D eigenvalue weighted by Crippen LogP contribution is -2.45. The van der Waals surface area contributed by atoms with E-state index in [1.54, 1.807) is 5.56 Å². The Morgan fingerprint density at radius 1 is 1.10 bits per heavy atom. The molecule has 1 saturated heterocycles. The fraction of sp³-hybridized carbons (Fsp3) is 0.647. The van der Waals surface area contributed by atoms with Gasteiger partial charge >= 0.3 is 0 Å². The van der Waals surface area contributed by atoms with Gasteiger partial charge in [0.25, 0.3) is 0 Å². The van der Waals surface area contributed by atoms with Crippen molar-refractivity contribution in [2.45, 2.75) is 46.1 Å². The zero-order valence-electron chi connectivity index (χ0n) is 13.5. The average Bonchev–Trinajstić information content (AvgIpc) is 2.43. The smallest absolute Gasteiger partial charge is 0.0354 e. The molecule has 4 heteroatoms. The van der Waals surface area contributed by atoms with E-state index in [1.165, 1.54) is 43.5 Å². The van der Waals surface area contributed by atoms with Crippen molar-refractivity contribution in [3.05, 3.63) is 34.9 Å². The van der Waals surface area contributed by atoms with Crippen LogP contribution in [0.2, 0.25) is 0 Å². The Morgan fingerprint density at radius 3 is 2.19 bits per heavy atom. The van der Waals surface area contributed by atoms with Crippen LogP contribution in [-0.4, -0.2) is 31.1 Å². The highest BCUT2D eigenvalue weighted by Crippen LogP contribution is 2.31. The first-order chi connectivity index (χ1) is 9.24. The molecule has 1 N–H and O–H groups in total. The van der Waals surface area contributed by atoms with E-state index >= 15 is 0 Å². The van der Waals surface area contributed by atoms with Crippen LogP contribution in [0.3, 0.4) is 0 Å². The standard InChI is InChI=1S/C17H28N2.2ClH/c1-4-5-9-16(19-12-10-18-11-13-19)17-14(2)7-6-8-15(17)3;;/h6-8,16,18H,4-5,9-13H2,1-3H3;2*1H/t16-;;/m1../s1. The average molecular weight is 333 g/mol. The van der Waals surface area contributed by atoms with Gasteiger partial charge in [-0.3, -0.25) is 4.90 Å². The van der Waals surface area contributed by atoms with E-state index < -0.39 is 0 Å². The van der Waals surface area contributed by atoms with E-state index in [1.807, 2.05) is 0 Å². The monoisotopic (exact) mass is 332 g/mol. The lowest BCUT2D eigenvalue weighted by molar-refractivity contribution is 0.162. The topological polar surface area (TPSA) is 15.3 Å². The highest BCUT2D eigenvalue weighted by molar-refractivity contribution is 5.85. The molecule has 1 aliphatic rings. The van der Waals surface area contributed by atoms with Gasteiger partial charge < -0.3 is 5.32 Å². The lowest BCUT2D eigenvalue weighted by Gasteiger charge is -2.36. The van der Waals surface area contributed by atoms with E-state index in [2.05, 4.69) is 49.2 Å². The van der Waals surface area contributed by atoms with Crippen molar-refractivity contribution in [3.63, 3.8) is 0 Å². The van der Waals surface area contributed by atoms with Gasteiger partial charge in [0, 0.05) is 32.2 Å². The summed E-state index contributed by atoms with van der Waals surface area (Å²) in [6, 6.07) is 7.33. The quantitative estimate of drug-likeness (QED) is 0.865. The van der Waals surface area contributed by atoms with Crippen LogP contribution >= 0.6 is 24.8 Å². The number of aryl methyl sites for hydroxylation is 2. The van der Waals surface area contributed by atoms with Crippen molar-refractivity contribution in [2.24, 2.45) is 0 Å². The van der Waals surface area contributed by atoms with Crippen LogP contribution in [0, 0.1) is 13.8 Å². The van der Waals surface area contributed by atoms with Crippen molar-refractivity contribution in [2.75, 3.05) is 26.2 Å². The van der Waals surface area contributed by atoms with Crippen molar-refractivity contribution in [1.82, 2.24) is 10.2 Å². The molecule has 1 atom stereocenters. The van der Waals surface area contributed by atoms with E-state index in [0.29, 0.717) is 6.04 Å². The molecule has 0 unspecified atom stereocenters. The second-order valence-electron chi connectivity index (χ2n) is 5.75. The SMILES string of the molecule is CCCC[C@H](c1c(C)cccc1C)N1CCNCC1.Cl.Cl. The Balaban J connectivity index is 0.00000200. The van der Waals surface area contributed by atoms with Gasteiger partial charge in [0.1, 0.15) is 0 Å². The second kappa shape index (κ2) is 10.4. The molecule has 0 saturated carbocycles. The molecule has 0 bridgehead atoms. The van der Waals surface area contributed by atoms with Gasteiger partial charge in [0.05, 0.1) is 0 Å². The van der Waals surface area contributed by atoms with Crippen molar-refractivity contribution < 1.29 is 0 Å². The van der Waals surface area contributed by atoms with Gasteiger partial charge in [-0.05, 0) is 37.0 Å². The molecule has 122 valence electrons. The molecular formula is C17H30Cl2N2. The Morgan fingerprint density at radius 2 is 1.67 bits per heavy atom. The molecular weight excluding hydrogens is 303 g/mol. The molecule has 0 spiro atoms. The van der Waals surface area contributed by atoms with Crippen molar-refractivity contribution in [3.8, 4) is 0 Å².